The summed E-state index contributed by atoms with van der Waals surface area (Å²) in [6.07, 6.45) is 0.642. The summed E-state index contributed by atoms with van der Waals surface area (Å²) in [5.74, 6) is -1.32. The number of carbonyl (C=O) groups is 2. The normalized spacial score (nSPS) is 18.4. The van der Waals surface area contributed by atoms with Gasteiger partial charge >= 0.3 is 5.97 Å². The fraction of sp³-hybridized carbons (Fsp3) is 0.529. The predicted molar refractivity (Wildman–Crippen MR) is 82.6 cm³/mol. The molecule has 1 fully saturated rings. The van der Waals surface area contributed by atoms with Gasteiger partial charge in [0.15, 0.2) is 5.78 Å². The second-order valence-electron chi connectivity index (χ2n) is 6.66. The first-order valence-electron chi connectivity index (χ1n) is 7.46. The van der Waals surface area contributed by atoms with E-state index in [0.29, 0.717) is 25.2 Å². The number of hydrogen-bond acceptors (Lipinski definition) is 4. The first kappa shape index (κ1) is 16.5. The topological polar surface area (TPSA) is 46.6 Å². The molecule has 0 N–H and O–H groups in total. The minimum absolute atomic E-state index is 0.0901. The fourth-order valence-electron chi connectivity index (χ4n) is 2.68. The average molecular weight is 307 g/mol. The molecule has 2 rings (SSSR count). The van der Waals surface area contributed by atoms with Crippen LogP contribution in [0.5, 0.6) is 0 Å². The van der Waals surface area contributed by atoms with Gasteiger partial charge in [0.1, 0.15) is 11.4 Å². The molecular formula is C17H22FNO3. The molecule has 120 valence electrons. The van der Waals surface area contributed by atoms with Crippen molar-refractivity contribution in [2.24, 2.45) is 5.92 Å². The zero-order valence-corrected chi connectivity index (χ0v) is 13.5. The number of halogens is 1. The third-order valence-electron chi connectivity index (χ3n) is 3.61. The Labute approximate surface area is 130 Å². The van der Waals surface area contributed by atoms with Crippen LogP contribution in [0, 0.1) is 11.7 Å². The highest BCUT2D eigenvalue weighted by Crippen LogP contribution is 2.30. The van der Waals surface area contributed by atoms with Gasteiger partial charge in [-0.2, -0.15) is 0 Å². The lowest BCUT2D eigenvalue weighted by atomic mass is 10.1. The van der Waals surface area contributed by atoms with Gasteiger partial charge in [-0.05, 0) is 46.2 Å². The fourth-order valence-corrected chi connectivity index (χ4v) is 2.68. The number of benzene rings is 1. The van der Waals surface area contributed by atoms with E-state index in [1.54, 1.807) is 12.1 Å². The second kappa shape index (κ2) is 6.07. The number of nitrogens with zero attached hydrogens (tertiary/aromatic N) is 1. The molecule has 1 aliphatic rings. The van der Waals surface area contributed by atoms with Crippen molar-refractivity contribution in [3.05, 3.63) is 29.6 Å². The van der Waals surface area contributed by atoms with Gasteiger partial charge in [0.25, 0.3) is 0 Å². The predicted octanol–water partition coefficient (Wildman–Crippen LogP) is 3.20. The molecule has 0 aromatic heterocycles. The standard InChI is InChI=1S/C17H22FNO3/c1-11(20)15-13(18)6-5-7-14(15)19-9-8-12(10-19)16(21)22-17(2,3)4/h5-7,12H,8-10H2,1-4H3. The van der Waals surface area contributed by atoms with Crippen molar-refractivity contribution in [3.63, 3.8) is 0 Å². The first-order valence-corrected chi connectivity index (χ1v) is 7.46. The van der Waals surface area contributed by atoms with Gasteiger partial charge in [-0.3, -0.25) is 9.59 Å². The molecule has 0 radical (unpaired) electrons. The van der Waals surface area contributed by atoms with Crippen LogP contribution in [-0.4, -0.2) is 30.4 Å². The van der Waals surface area contributed by atoms with Gasteiger partial charge < -0.3 is 9.64 Å². The van der Waals surface area contributed by atoms with Crippen LogP contribution in [0.25, 0.3) is 0 Å². The highest BCUT2D eigenvalue weighted by Gasteiger charge is 2.33. The maximum Gasteiger partial charge on any atom is 0.311 e. The van der Waals surface area contributed by atoms with E-state index < -0.39 is 11.4 Å². The molecular weight excluding hydrogens is 285 g/mol. The number of ether oxygens (including phenoxy) is 1. The molecule has 1 atom stereocenters. The van der Waals surface area contributed by atoms with E-state index in [9.17, 15) is 14.0 Å². The summed E-state index contributed by atoms with van der Waals surface area (Å²) in [6, 6.07) is 4.58. The highest BCUT2D eigenvalue weighted by atomic mass is 19.1. The smallest absolute Gasteiger partial charge is 0.311 e. The maximum atomic E-state index is 13.9. The molecule has 1 saturated heterocycles. The highest BCUT2D eigenvalue weighted by molar-refractivity contribution is 6.00. The lowest BCUT2D eigenvalue weighted by Gasteiger charge is -2.23. The van der Waals surface area contributed by atoms with Crippen molar-refractivity contribution in [1.82, 2.24) is 0 Å². The van der Waals surface area contributed by atoms with Crippen LogP contribution in [0.2, 0.25) is 0 Å². The molecule has 1 aromatic rings. The Bertz CT molecular complexity index is 592. The minimum atomic E-state index is -0.522. The number of esters is 1. The van der Waals surface area contributed by atoms with Crippen molar-refractivity contribution in [2.75, 3.05) is 18.0 Å². The van der Waals surface area contributed by atoms with Crippen molar-refractivity contribution in [2.45, 2.75) is 39.7 Å². The van der Waals surface area contributed by atoms with Crippen LogP contribution in [0.3, 0.4) is 0 Å². The third kappa shape index (κ3) is 3.64. The second-order valence-corrected chi connectivity index (χ2v) is 6.66. The van der Waals surface area contributed by atoms with E-state index in [4.69, 9.17) is 4.74 Å². The molecule has 5 heteroatoms. The number of hydrogen-bond donors (Lipinski definition) is 0. The Morgan fingerprint density at radius 2 is 2.00 bits per heavy atom. The monoisotopic (exact) mass is 307 g/mol. The van der Waals surface area contributed by atoms with Gasteiger partial charge in [-0.15, -0.1) is 0 Å². The Kier molecular flexibility index (Phi) is 4.54. The molecule has 0 aliphatic carbocycles. The van der Waals surface area contributed by atoms with Crippen LogP contribution in [-0.2, 0) is 9.53 Å². The molecule has 0 amide bonds. The van der Waals surface area contributed by atoms with E-state index in [1.807, 2.05) is 25.7 Å². The number of ketones is 1. The van der Waals surface area contributed by atoms with Gasteiger partial charge in [-0.25, -0.2) is 4.39 Å². The number of rotatable bonds is 3. The average Bonchev–Trinajstić information content (AvgIpc) is 2.85. The summed E-state index contributed by atoms with van der Waals surface area (Å²) in [5.41, 5.74) is 0.124. The zero-order chi connectivity index (χ0) is 16.5. The molecule has 1 heterocycles. The molecule has 1 aliphatic heterocycles. The molecule has 4 nitrogen and oxygen atoms in total. The van der Waals surface area contributed by atoms with E-state index in [1.165, 1.54) is 13.0 Å². The van der Waals surface area contributed by atoms with Gasteiger partial charge in [0.05, 0.1) is 17.2 Å². The molecule has 0 spiro atoms. The molecule has 0 saturated carbocycles. The largest absolute Gasteiger partial charge is 0.460 e. The minimum Gasteiger partial charge on any atom is -0.460 e. The van der Waals surface area contributed by atoms with Crippen LogP contribution in [0.15, 0.2) is 18.2 Å². The van der Waals surface area contributed by atoms with Crippen molar-refractivity contribution in [1.29, 1.82) is 0 Å². The van der Waals surface area contributed by atoms with E-state index in [-0.39, 0.29) is 23.2 Å². The van der Waals surface area contributed by atoms with E-state index >= 15 is 0 Å². The summed E-state index contributed by atoms with van der Waals surface area (Å²) in [6.45, 7) is 7.89. The lowest BCUT2D eigenvalue weighted by Crippen LogP contribution is -2.31. The Hall–Kier alpha value is -1.91. The summed E-state index contributed by atoms with van der Waals surface area (Å²) < 4.78 is 19.3. The summed E-state index contributed by atoms with van der Waals surface area (Å²) >= 11 is 0. The third-order valence-corrected chi connectivity index (χ3v) is 3.61. The SMILES string of the molecule is CC(=O)c1c(F)cccc1N1CCC(C(=O)OC(C)(C)C)C1. The Morgan fingerprint density at radius 1 is 1.32 bits per heavy atom. The lowest BCUT2D eigenvalue weighted by molar-refractivity contribution is -0.159. The number of Topliss-reactive ketones (excluding diaryl/α,β-unsaturated/α-hetero) is 1. The van der Waals surface area contributed by atoms with Crippen molar-refractivity contribution >= 4 is 17.4 Å². The quantitative estimate of drug-likeness (QED) is 0.635. The van der Waals surface area contributed by atoms with Crippen LogP contribution in [0.4, 0.5) is 10.1 Å². The first-order chi connectivity index (χ1) is 10.2. The van der Waals surface area contributed by atoms with Gasteiger partial charge in [0.2, 0.25) is 0 Å². The van der Waals surface area contributed by atoms with Crippen LogP contribution in [0.1, 0.15) is 44.5 Å². The zero-order valence-electron chi connectivity index (χ0n) is 13.5. The Morgan fingerprint density at radius 3 is 2.59 bits per heavy atom. The number of carbonyl (C=O) groups excluding carboxylic acids is 2. The van der Waals surface area contributed by atoms with Crippen molar-refractivity contribution < 1.29 is 18.7 Å². The summed E-state index contributed by atoms with van der Waals surface area (Å²) in [7, 11) is 0. The Balaban J connectivity index is 2.16. The number of anilines is 1. The molecule has 22 heavy (non-hydrogen) atoms. The van der Waals surface area contributed by atoms with Crippen LogP contribution >= 0.6 is 0 Å². The molecule has 0 bridgehead atoms. The molecule has 1 aromatic carbocycles. The van der Waals surface area contributed by atoms with E-state index in [0.717, 1.165) is 0 Å². The van der Waals surface area contributed by atoms with Crippen LogP contribution < -0.4 is 4.90 Å². The van der Waals surface area contributed by atoms with Gasteiger partial charge in [-0.1, -0.05) is 6.07 Å². The molecule has 1 unspecified atom stereocenters. The van der Waals surface area contributed by atoms with Crippen molar-refractivity contribution in [3.8, 4) is 0 Å². The van der Waals surface area contributed by atoms with E-state index in [2.05, 4.69) is 0 Å². The maximum absolute atomic E-state index is 13.9. The van der Waals surface area contributed by atoms with Gasteiger partial charge in [0, 0.05) is 13.1 Å². The summed E-state index contributed by atoms with van der Waals surface area (Å²) in [4.78, 5) is 25.7. The summed E-state index contributed by atoms with van der Waals surface area (Å²) in [5, 5.41) is 0.